The molecule has 3 heteroatoms. The minimum absolute atomic E-state index is 0.176. The molecule has 3 nitrogen and oxygen atoms in total. The van der Waals surface area contributed by atoms with E-state index in [1.54, 1.807) is 0 Å². The zero-order chi connectivity index (χ0) is 18.7. The van der Waals surface area contributed by atoms with Crippen molar-refractivity contribution in [2.24, 2.45) is 0 Å². The van der Waals surface area contributed by atoms with E-state index in [2.05, 4.69) is 46.2 Å². The summed E-state index contributed by atoms with van der Waals surface area (Å²) in [4.78, 5) is 16.9. The van der Waals surface area contributed by atoms with Gasteiger partial charge >= 0.3 is 0 Å². The van der Waals surface area contributed by atoms with E-state index >= 15 is 0 Å². The fourth-order valence-corrected chi connectivity index (χ4v) is 3.17. The fourth-order valence-electron chi connectivity index (χ4n) is 3.17. The SMILES string of the molecule is CN(C)c1cccc(C=C2CCC(=Cc3cccc(N(C)C)c3)C2=O)c1. The molecule has 0 unspecified atom stereocenters. The second-order valence-electron chi connectivity index (χ2n) is 7.15. The van der Waals surface area contributed by atoms with Crippen LogP contribution in [0, 0.1) is 0 Å². The molecule has 1 aliphatic carbocycles. The van der Waals surface area contributed by atoms with Crippen molar-refractivity contribution in [1.82, 2.24) is 0 Å². The Hall–Kier alpha value is -2.81. The van der Waals surface area contributed by atoms with Crippen molar-refractivity contribution >= 4 is 29.3 Å². The lowest BCUT2D eigenvalue weighted by atomic mass is 10.1. The lowest BCUT2D eigenvalue weighted by Crippen LogP contribution is -2.08. The van der Waals surface area contributed by atoms with Crippen LogP contribution in [0.15, 0.2) is 59.7 Å². The first-order chi connectivity index (χ1) is 12.4. The van der Waals surface area contributed by atoms with Crippen LogP contribution in [0.5, 0.6) is 0 Å². The molecular formula is C23H26N2O. The number of hydrogen-bond donors (Lipinski definition) is 0. The highest BCUT2D eigenvalue weighted by atomic mass is 16.1. The van der Waals surface area contributed by atoms with E-state index in [-0.39, 0.29) is 5.78 Å². The van der Waals surface area contributed by atoms with Gasteiger partial charge in [-0.25, -0.2) is 0 Å². The van der Waals surface area contributed by atoms with Crippen molar-refractivity contribution in [3.63, 3.8) is 0 Å². The number of nitrogens with zero attached hydrogens (tertiary/aromatic N) is 2. The normalized spacial score (nSPS) is 17.2. The molecule has 0 atom stereocenters. The maximum absolute atomic E-state index is 12.8. The van der Waals surface area contributed by atoms with E-state index in [4.69, 9.17) is 0 Å². The molecular weight excluding hydrogens is 320 g/mol. The molecule has 0 spiro atoms. The van der Waals surface area contributed by atoms with Crippen LogP contribution in [0.4, 0.5) is 11.4 Å². The van der Waals surface area contributed by atoms with Gasteiger partial charge in [-0.2, -0.15) is 0 Å². The summed E-state index contributed by atoms with van der Waals surface area (Å²) in [7, 11) is 8.09. The molecule has 0 saturated heterocycles. The summed E-state index contributed by atoms with van der Waals surface area (Å²) in [5, 5.41) is 0. The van der Waals surface area contributed by atoms with Gasteiger partial charge in [-0.3, -0.25) is 4.79 Å². The first-order valence-electron chi connectivity index (χ1n) is 8.94. The number of anilines is 2. The Labute approximate surface area is 156 Å². The van der Waals surface area contributed by atoms with E-state index in [1.165, 1.54) is 0 Å². The molecule has 0 N–H and O–H groups in total. The predicted molar refractivity (Wildman–Crippen MR) is 112 cm³/mol. The summed E-state index contributed by atoms with van der Waals surface area (Å²) < 4.78 is 0. The maximum Gasteiger partial charge on any atom is 0.185 e. The minimum Gasteiger partial charge on any atom is -0.378 e. The van der Waals surface area contributed by atoms with E-state index < -0.39 is 0 Å². The first-order valence-corrected chi connectivity index (χ1v) is 8.94. The van der Waals surface area contributed by atoms with E-state index in [1.807, 2.05) is 52.5 Å². The van der Waals surface area contributed by atoms with Gasteiger partial charge in [-0.05, 0) is 60.4 Å². The van der Waals surface area contributed by atoms with Crippen LogP contribution in [0.1, 0.15) is 24.0 Å². The van der Waals surface area contributed by atoms with Gasteiger partial charge in [0.2, 0.25) is 0 Å². The van der Waals surface area contributed by atoms with Gasteiger partial charge in [0.05, 0.1) is 0 Å². The lowest BCUT2D eigenvalue weighted by Gasteiger charge is -2.12. The smallest absolute Gasteiger partial charge is 0.185 e. The Morgan fingerprint density at radius 1 is 0.731 bits per heavy atom. The molecule has 0 radical (unpaired) electrons. The predicted octanol–water partition coefficient (Wildman–Crippen LogP) is 4.65. The third kappa shape index (κ3) is 4.05. The number of benzene rings is 2. The third-order valence-electron chi connectivity index (χ3n) is 4.70. The molecule has 0 aliphatic heterocycles. The van der Waals surface area contributed by atoms with Crippen molar-refractivity contribution in [3.8, 4) is 0 Å². The lowest BCUT2D eigenvalue weighted by molar-refractivity contribution is -0.111. The number of Topliss-reactive ketones (excluding diaryl/α,β-unsaturated/α-hetero) is 1. The van der Waals surface area contributed by atoms with Gasteiger partial charge in [-0.15, -0.1) is 0 Å². The van der Waals surface area contributed by atoms with Crippen molar-refractivity contribution in [2.75, 3.05) is 38.0 Å². The standard InChI is InChI=1S/C23H26N2O/c1-24(2)21-9-5-7-17(15-21)13-19-11-12-20(23(19)26)14-18-8-6-10-22(16-18)25(3)4/h5-10,13-16H,11-12H2,1-4H3. The average molecular weight is 346 g/mol. The molecule has 26 heavy (non-hydrogen) atoms. The average Bonchev–Trinajstić information content (AvgIpc) is 2.95. The summed E-state index contributed by atoms with van der Waals surface area (Å²) in [5.41, 5.74) is 6.24. The summed E-state index contributed by atoms with van der Waals surface area (Å²) in [6, 6.07) is 16.5. The molecule has 2 aromatic rings. The highest BCUT2D eigenvalue weighted by molar-refractivity contribution is 6.15. The summed E-state index contributed by atoms with van der Waals surface area (Å²) in [5.74, 6) is 0.176. The molecule has 1 fully saturated rings. The number of rotatable bonds is 4. The van der Waals surface area contributed by atoms with E-state index in [9.17, 15) is 4.79 Å². The zero-order valence-corrected chi connectivity index (χ0v) is 16.0. The Bertz CT molecular complexity index is 804. The number of carbonyl (C=O) groups is 1. The van der Waals surface area contributed by atoms with Crippen LogP contribution < -0.4 is 9.80 Å². The van der Waals surface area contributed by atoms with Gasteiger partial charge in [0, 0.05) is 50.7 Å². The minimum atomic E-state index is 0.176. The maximum atomic E-state index is 12.8. The van der Waals surface area contributed by atoms with Gasteiger partial charge in [-0.1, -0.05) is 24.3 Å². The number of allylic oxidation sites excluding steroid dienone is 2. The number of carbonyl (C=O) groups excluding carboxylic acids is 1. The van der Waals surface area contributed by atoms with Gasteiger partial charge in [0.15, 0.2) is 5.78 Å². The van der Waals surface area contributed by atoms with Crippen molar-refractivity contribution < 1.29 is 4.79 Å². The molecule has 3 rings (SSSR count). The third-order valence-corrected chi connectivity index (χ3v) is 4.70. The molecule has 0 aromatic heterocycles. The summed E-state index contributed by atoms with van der Waals surface area (Å²) in [6.45, 7) is 0. The van der Waals surface area contributed by atoms with Crippen LogP contribution in [-0.4, -0.2) is 34.0 Å². The van der Waals surface area contributed by atoms with Gasteiger partial charge < -0.3 is 9.80 Å². The monoisotopic (exact) mass is 346 g/mol. The fraction of sp³-hybridized carbons (Fsp3) is 0.261. The quantitative estimate of drug-likeness (QED) is 0.753. The number of hydrogen-bond acceptors (Lipinski definition) is 3. The first kappa shape index (κ1) is 18.0. The summed E-state index contributed by atoms with van der Waals surface area (Å²) >= 11 is 0. The van der Waals surface area contributed by atoms with Crippen LogP contribution in [0.3, 0.4) is 0 Å². The van der Waals surface area contributed by atoms with Crippen LogP contribution in [0.25, 0.3) is 12.2 Å². The highest BCUT2D eigenvalue weighted by Gasteiger charge is 2.23. The summed E-state index contributed by atoms with van der Waals surface area (Å²) in [6.07, 6.45) is 5.69. The Morgan fingerprint density at radius 3 is 1.54 bits per heavy atom. The van der Waals surface area contributed by atoms with E-state index in [0.29, 0.717) is 0 Å². The van der Waals surface area contributed by atoms with Gasteiger partial charge in [0.1, 0.15) is 0 Å². The van der Waals surface area contributed by atoms with Crippen molar-refractivity contribution in [3.05, 3.63) is 70.8 Å². The Morgan fingerprint density at radius 2 is 1.15 bits per heavy atom. The largest absolute Gasteiger partial charge is 0.378 e. The highest BCUT2D eigenvalue weighted by Crippen LogP contribution is 2.30. The second kappa shape index (κ2) is 7.61. The molecule has 1 aliphatic rings. The van der Waals surface area contributed by atoms with Gasteiger partial charge in [0.25, 0.3) is 0 Å². The molecule has 0 bridgehead atoms. The second-order valence-corrected chi connectivity index (χ2v) is 7.15. The van der Waals surface area contributed by atoms with Crippen LogP contribution >= 0.6 is 0 Å². The van der Waals surface area contributed by atoms with Crippen LogP contribution in [-0.2, 0) is 4.79 Å². The molecule has 2 aromatic carbocycles. The molecule has 0 amide bonds. The Kier molecular flexibility index (Phi) is 5.27. The van der Waals surface area contributed by atoms with Crippen molar-refractivity contribution in [1.29, 1.82) is 0 Å². The van der Waals surface area contributed by atoms with E-state index in [0.717, 1.165) is 46.5 Å². The topological polar surface area (TPSA) is 23.6 Å². The Balaban J connectivity index is 1.84. The zero-order valence-electron chi connectivity index (χ0n) is 16.0. The molecule has 134 valence electrons. The molecule has 1 saturated carbocycles. The van der Waals surface area contributed by atoms with Crippen LogP contribution in [0.2, 0.25) is 0 Å². The van der Waals surface area contributed by atoms with Crippen molar-refractivity contribution in [2.45, 2.75) is 12.8 Å². The number of ketones is 1. The molecule has 0 heterocycles.